The molecule has 2 rings (SSSR count). The van der Waals surface area contributed by atoms with Crippen LogP contribution in [0.3, 0.4) is 0 Å². The van der Waals surface area contributed by atoms with Crippen molar-refractivity contribution in [1.82, 2.24) is 4.98 Å². The molecule has 0 saturated heterocycles. The summed E-state index contributed by atoms with van der Waals surface area (Å²) in [6, 6.07) is 9.52. The summed E-state index contributed by atoms with van der Waals surface area (Å²) in [6.07, 6.45) is 1.26. The highest BCUT2D eigenvalue weighted by molar-refractivity contribution is 5.93. The highest BCUT2D eigenvalue weighted by Crippen LogP contribution is 2.16. The molecule has 6 heteroatoms. The van der Waals surface area contributed by atoms with E-state index in [0.29, 0.717) is 18.5 Å². The Kier molecular flexibility index (Phi) is 6.01. The average Bonchev–Trinajstić information content (AvgIpc) is 2.53. The minimum Gasteiger partial charge on any atom is -0.462 e. The second-order valence-electron chi connectivity index (χ2n) is 5.39. The maximum Gasteiger partial charge on any atom is 0.341 e. The Morgan fingerprint density at radius 1 is 1.25 bits per heavy atom. The minimum absolute atomic E-state index is 0.165. The monoisotopic (exact) mass is 330 g/mol. The van der Waals surface area contributed by atoms with Gasteiger partial charge in [0.2, 0.25) is 5.91 Å². The van der Waals surface area contributed by atoms with Gasteiger partial charge in [-0.25, -0.2) is 9.18 Å². The molecule has 0 unspecified atom stereocenters. The highest BCUT2D eigenvalue weighted by atomic mass is 19.1. The largest absolute Gasteiger partial charge is 0.462 e. The number of ether oxygens (including phenoxy) is 1. The molecule has 1 N–H and O–H groups in total. The van der Waals surface area contributed by atoms with E-state index >= 15 is 0 Å². The summed E-state index contributed by atoms with van der Waals surface area (Å²) in [7, 11) is 0. The Balaban J connectivity index is 1.89. The lowest BCUT2D eigenvalue weighted by Gasteiger charge is -2.08. The fourth-order valence-corrected chi connectivity index (χ4v) is 2.20. The number of benzene rings is 1. The molecule has 126 valence electrons. The van der Waals surface area contributed by atoms with E-state index < -0.39 is 11.8 Å². The van der Waals surface area contributed by atoms with E-state index in [0.717, 1.165) is 17.5 Å². The van der Waals surface area contributed by atoms with Gasteiger partial charge in [0.05, 0.1) is 12.2 Å². The number of carbonyl (C=O) groups excluding carboxylic acids is 2. The number of aromatic nitrogens is 1. The van der Waals surface area contributed by atoms with Gasteiger partial charge in [0.1, 0.15) is 5.82 Å². The third-order valence-electron chi connectivity index (χ3n) is 3.26. The van der Waals surface area contributed by atoms with Crippen molar-refractivity contribution in [2.75, 3.05) is 11.9 Å². The zero-order valence-electron chi connectivity index (χ0n) is 13.6. The first-order valence-electron chi connectivity index (χ1n) is 7.62. The molecule has 0 bridgehead atoms. The Morgan fingerprint density at radius 3 is 2.75 bits per heavy atom. The maximum absolute atomic E-state index is 13.8. The lowest BCUT2D eigenvalue weighted by Crippen LogP contribution is -2.11. The maximum atomic E-state index is 13.8. The van der Waals surface area contributed by atoms with Crippen LogP contribution in [0.25, 0.3) is 0 Å². The van der Waals surface area contributed by atoms with Crippen LogP contribution in [0.2, 0.25) is 0 Å². The second-order valence-corrected chi connectivity index (χ2v) is 5.39. The first kappa shape index (κ1) is 17.6. The van der Waals surface area contributed by atoms with Crippen molar-refractivity contribution in [3.63, 3.8) is 0 Å². The third kappa shape index (κ3) is 5.15. The minimum atomic E-state index is -0.753. The van der Waals surface area contributed by atoms with Crippen LogP contribution in [0.4, 0.5) is 10.1 Å². The number of pyridine rings is 1. The molecule has 0 aliphatic carbocycles. The van der Waals surface area contributed by atoms with Crippen LogP contribution in [-0.2, 0) is 16.0 Å². The zero-order valence-corrected chi connectivity index (χ0v) is 13.6. The van der Waals surface area contributed by atoms with Gasteiger partial charge < -0.3 is 10.1 Å². The van der Waals surface area contributed by atoms with Crippen molar-refractivity contribution in [3.8, 4) is 0 Å². The van der Waals surface area contributed by atoms with E-state index in [9.17, 15) is 14.0 Å². The van der Waals surface area contributed by atoms with Crippen molar-refractivity contribution in [2.24, 2.45) is 0 Å². The van der Waals surface area contributed by atoms with Gasteiger partial charge in [0.25, 0.3) is 0 Å². The van der Waals surface area contributed by atoms with Gasteiger partial charge in [-0.15, -0.1) is 0 Å². The van der Waals surface area contributed by atoms with Crippen LogP contribution >= 0.6 is 0 Å². The Hall–Kier alpha value is -2.76. The molecule has 0 fully saturated rings. The number of nitrogens with one attached hydrogen (secondary N) is 1. The molecule has 24 heavy (non-hydrogen) atoms. The standard InChI is InChI=1S/C18H19FN2O3/c1-12-5-3-6-14(20-12)7-4-10-24-18(23)16-11-15(21-13(2)22)8-9-17(16)19/h3,5-6,8-9,11H,4,7,10H2,1-2H3,(H,21,22). The lowest BCUT2D eigenvalue weighted by atomic mass is 10.2. The van der Waals surface area contributed by atoms with Crippen LogP contribution in [0, 0.1) is 12.7 Å². The van der Waals surface area contributed by atoms with Crippen molar-refractivity contribution < 1.29 is 18.7 Å². The van der Waals surface area contributed by atoms with Gasteiger partial charge >= 0.3 is 5.97 Å². The van der Waals surface area contributed by atoms with Crippen LogP contribution < -0.4 is 5.32 Å². The average molecular weight is 330 g/mol. The lowest BCUT2D eigenvalue weighted by molar-refractivity contribution is -0.114. The normalized spacial score (nSPS) is 10.3. The molecule has 0 aliphatic heterocycles. The van der Waals surface area contributed by atoms with Gasteiger partial charge in [-0.1, -0.05) is 6.07 Å². The molecule has 2 aromatic rings. The molecule has 1 amide bonds. The SMILES string of the molecule is CC(=O)Nc1ccc(F)c(C(=O)OCCCc2cccc(C)n2)c1. The molecule has 1 aromatic heterocycles. The van der Waals surface area contributed by atoms with Crippen LogP contribution in [-0.4, -0.2) is 23.5 Å². The van der Waals surface area contributed by atoms with Crippen molar-refractivity contribution >= 4 is 17.6 Å². The summed E-state index contributed by atoms with van der Waals surface area (Å²) in [4.78, 5) is 27.4. The highest BCUT2D eigenvalue weighted by Gasteiger charge is 2.14. The zero-order chi connectivity index (χ0) is 17.5. The number of amides is 1. The molecule has 1 heterocycles. The van der Waals surface area contributed by atoms with Gasteiger partial charge in [0, 0.05) is 24.0 Å². The molecule has 5 nitrogen and oxygen atoms in total. The van der Waals surface area contributed by atoms with E-state index in [1.54, 1.807) is 0 Å². The molecular formula is C18H19FN2O3. The van der Waals surface area contributed by atoms with Crippen LogP contribution in [0.1, 0.15) is 35.1 Å². The number of nitrogens with zero attached hydrogens (tertiary/aromatic N) is 1. The van der Waals surface area contributed by atoms with Crippen molar-refractivity contribution in [2.45, 2.75) is 26.7 Å². The molecule has 0 saturated carbocycles. The Bertz CT molecular complexity index is 747. The van der Waals surface area contributed by atoms with E-state index in [2.05, 4.69) is 10.3 Å². The van der Waals surface area contributed by atoms with Gasteiger partial charge in [-0.2, -0.15) is 0 Å². The predicted molar refractivity (Wildman–Crippen MR) is 88.3 cm³/mol. The van der Waals surface area contributed by atoms with Crippen molar-refractivity contribution in [3.05, 3.63) is 59.2 Å². The number of halogens is 1. The number of carbonyl (C=O) groups is 2. The first-order valence-corrected chi connectivity index (χ1v) is 7.62. The third-order valence-corrected chi connectivity index (χ3v) is 3.26. The molecular weight excluding hydrogens is 311 g/mol. The summed E-state index contributed by atoms with van der Waals surface area (Å²) >= 11 is 0. The first-order chi connectivity index (χ1) is 11.5. The number of hydrogen-bond acceptors (Lipinski definition) is 4. The number of esters is 1. The molecule has 0 spiro atoms. The summed E-state index contributed by atoms with van der Waals surface area (Å²) < 4.78 is 18.9. The predicted octanol–water partition coefficient (Wildman–Crippen LogP) is 3.28. The summed E-state index contributed by atoms with van der Waals surface area (Å²) in [5.74, 6) is -1.74. The Labute approximate surface area is 139 Å². The topological polar surface area (TPSA) is 68.3 Å². The fraction of sp³-hybridized carbons (Fsp3) is 0.278. The van der Waals surface area contributed by atoms with Crippen LogP contribution in [0.5, 0.6) is 0 Å². The smallest absolute Gasteiger partial charge is 0.341 e. The number of anilines is 1. The van der Waals surface area contributed by atoms with Gasteiger partial charge in [-0.3, -0.25) is 9.78 Å². The summed E-state index contributed by atoms with van der Waals surface area (Å²) in [5, 5.41) is 2.50. The second kappa shape index (κ2) is 8.19. The van der Waals surface area contributed by atoms with Crippen LogP contribution in [0.15, 0.2) is 36.4 Å². The number of hydrogen-bond donors (Lipinski definition) is 1. The van der Waals surface area contributed by atoms with E-state index in [1.807, 2.05) is 25.1 Å². The number of aryl methyl sites for hydroxylation is 2. The molecule has 1 aromatic carbocycles. The van der Waals surface area contributed by atoms with Gasteiger partial charge in [0.15, 0.2) is 0 Å². The Morgan fingerprint density at radius 2 is 2.04 bits per heavy atom. The van der Waals surface area contributed by atoms with Gasteiger partial charge in [-0.05, 0) is 50.1 Å². The summed E-state index contributed by atoms with van der Waals surface area (Å²) in [5.41, 5.74) is 2.00. The quantitative estimate of drug-likeness (QED) is 0.652. The molecule has 0 atom stereocenters. The molecule has 0 radical (unpaired) electrons. The summed E-state index contributed by atoms with van der Waals surface area (Å²) in [6.45, 7) is 3.41. The molecule has 0 aliphatic rings. The van der Waals surface area contributed by atoms with E-state index in [4.69, 9.17) is 4.74 Å². The fourth-order valence-electron chi connectivity index (χ4n) is 2.20. The number of rotatable bonds is 6. The van der Waals surface area contributed by atoms with E-state index in [1.165, 1.54) is 19.1 Å². The van der Waals surface area contributed by atoms with E-state index in [-0.39, 0.29) is 18.1 Å². The van der Waals surface area contributed by atoms with Crippen molar-refractivity contribution in [1.29, 1.82) is 0 Å².